The molecule has 4 nitrogen and oxygen atoms in total. The number of benzene rings is 3. The molecule has 0 saturated carbocycles. The summed E-state index contributed by atoms with van der Waals surface area (Å²) in [4.78, 5) is 4.14. The second-order valence-electron chi connectivity index (χ2n) is 8.51. The molecule has 0 aromatic heterocycles. The third-order valence-corrected chi connectivity index (χ3v) is 6.60. The van der Waals surface area contributed by atoms with Crippen LogP contribution in [-0.2, 0) is 19.3 Å². The molecule has 0 radical (unpaired) electrons. The number of rotatable bonds is 6. The zero-order valence-corrected chi connectivity index (χ0v) is 19.5. The van der Waals surface area contributed by atoms with Gasteiger partial charge in [-0.2, -0.15) is 23.7 Å². The zero-order chi connectivity index (χ0) is 25.0. The van der Waals surface area contributed by atoms with E-state index < -0.39 is 11.7 Å². The highest BCUT2D eigenvalue weighted by Crippen LogP contribution is 2.35. The molecule has 35 heavy (non-hydrogen) atoms. The molecule has 0 aliphatic carbocycles. The highest BCUT2D eigenvalue weighted by molar-refractivity contribution is 6.32. The lowest BCUT2D eigenvalue weighted by molar-refractivity contribution is -0.138. The Balaban J connectivity index is 1.64. The molecule has 0 bridgehead atoms. The summed E-state index contributed by atoms with van der Waals surface area (Å²) in [6, 6.07) is 22.1. The van der Waals surface area contributed by atoms with Gasteiger partial charge in [0.25, 0.3) is 0 Å². The van der Waals surface area contributed by atoms with Crippen LogP contribution in [0, 0.1) is 22.7 Å². The molecule has 1 atom stereocenters. The van der Waals surface area contributed by atoms with Crippen molar-refractivity contribution in [1.82, 2.24) is 4.90 Å². The van der Waals surface area contributed by atoms with Crippen molar-refractivity contribution in [2.45, 2.75) is 31.7 Å². The first-order valence-electron chi connectivity index (χ1n) is 11.1. The molecule has 3 aromatic carbocycles. The molecular formula is C27H22ClF3N4. The summed E-state index contributed by atoms with van der Waals surface area (Å²) >= 11 is 6.29. The summed E-state index contributed by atoms with van der Waals surface area (Å²) < 4.78 is 41.1. The molecule has 0 amide bonds. The van der Waals surface area contributed by atoms with Crippen LogP contribution >= 0.6 is 11.6 Å². The van der Waals surface area contributed by atoms with E-state index in [1.165, 1.54) is 12.1 Å². The quantitative estimate of drug-likeness (QED) is 0.399. The Bertz CT molecular complexity index is 1290. The molecule has 1 heterocycles. The lowest BCUT2D eigenvalue weighted by Crippen LogP contribution is -2.37. The summed E-state index contributed by atoms with van der Waals surface area (Å²) in [5.74, 6) is 0. The summed E-state index contributed by atoms with van der Waals surface area (Å²) in [5, 5.41) is 18.9. The number of halogens is 4. The van der Waals surface area contributed by atoms with Crippen molar-refractivity contribution in [2.24, 2.45) is 0 Å². The third kappa shape index (κ3) is 5.59. The van der Waals surface area contributed by atoms with Crippen LogP contribution < -0.4 is 4.90 Å². The summed E-state index contributed by atoms with van der Waals surface area (Å²) in [5.41, 5.74) is 2.02. The fourth-order valence-corrected chi connectivity index (χ4v) is 4.76. The summed E-state index contributed by atoms with van der Waals surface area (Å²) in [6.45, 7) is 1.99. The smallest absolute Gasteiger partial charge is 0.363 e. The molecule has 4 rings (SSSR count). The van der Waals surface area contributed by atoms with Crippen molar-refractivity contribution in [3.8, 4) is 12.1 Å². The lowest BCUT2D eigenvalue weighted by Gasteiger charge is -2.32. The topological polar surface area (TPSA) is 54.1 Å². The second-order valence-corrected chi connectivity index (χ2v) is 8.91. The van der Waals surface area contributed by atoms with Crippen LogP contribution in [0.1, 0.15) is 34.2 Å². The Morgan fingerprint density at radius 2 is 1.63 bits per heavy atom. The Labute approximate surface area is 207 Å². The minimum absolute atomic E-state index is 0.0468. The summed E-state index contributed by atoms with van der Waals surface area (Å²) in [6.07, 6.45) is -3.73. The van der Waals surface area contributed by atoms with Gasteiger partial charge >= 0.3 is 6.18 Å². The number of alkyl halides is 3. The van der Waals surface area contributed by atoms with Gasteiger partial charge in [0, 0.05) is 37.9 Å². The standard InChI is InChI=1S/C27H22ClF3N4/c28-26-13-23(10-9-20(26)15-33)35(17-22-7-3-4-8-25(22)27(29,30)31)24-11-12-34(18-24)16-21-6-2-1-5-19(21)14-32/h1-10,13,24H,11-12,16-18H2/t24-/m0/s1. The third-order valence-electron chi connectivity index (χ3n) is 6.29. The predicted molar refractivity (Wildman–Crippen MR) is 129 cm³/mol. The number of nitrogens with zero attached hydrogens (tertiary/aromatic N) is 4. The minimum atomic E-state index is -4.46. The molecule has 0 unspecified atom stereocenters. The highest BCUT2D eigenvalue weighted by Gasteiger charge is 2.35. The van der Waals surface area contributed by atoms with Gasteiger partial charge in [0.1, 0.15) is 6.07 Å². The Morgan fingerprint density at radius 1 is 0.943 bits per heavy atom. The first-order valence-corrected chi connectivity index (χ1v) is 11.5. The molecule has 3 aromatic rings. The zero-order valence-electron chi connectivity index (χ0n) is 18.8. The van der Waals surface area contributed by atoms with Crippen LogP contribution in [-0.4, -0.2) is 24.0 Å². The second kappa shape index (κ2) is 10.4. The first-order chi connectivity index (χ1) is 16.8. The maximum absolute atomic E-state index is 13.7. The van der Waals surface area contributed by atoms with Gasteiger partial charge in [0.05, 0.1) is 27.8 Å². The first kappa shape index (κ1) is 24.6. The highest BCUT2D eigenvalue weighted by atomic mass is 35.5. The number of likely N-dealkylation sites (tertiary alicyclic amines) is 1. The number of hydrogen-bond donors (Lipinski definition) is 0. The fraction of sp³-hybridized carbons (Fsp3) is 0.259. The maximum Gasteiger partial charge on any atom is 0.416 e. The van der Waals surface area contributed by atoms with Crippen LogP contribution in [0.4, 0.5) is 18.9 Å². The average Bonchev–Trinajstić information content (AvgIpc) is 3.30. The number of hydrogen-bond acceptors (Lipinski definition) is 4. The SMILES string of the molecule is N#Cc1ccc(N(Cc2ccccc2C(F)(F)F)[C@H]2CCN(Cc3ccccc3C#N)C2)cc1Cl. The summed E-state index contributed by atoms with van der Waals surface area (Å²) in [7, 11) is 0. The van der Waals surface area contributed by atoms with Crippen LogP contribution in [0.25, 0.3) is 0 Å². The average molecular weight is 495 g/mol. The van der Waals surface area contributed by atoms with Gasteiger partial charge < -0.3 is 4.90 Å². The van der Waals surface area contributed by atoms with Crippen LogP contribution in [0.15, 0.2) is 66.7 Å². The van der Waals surface area contributed by atoms with E-state index in [-0.39, 0.29) is 23.2 Å². The van der Waals surface area contributed by atoms with Gasteiger partial charge in [-0.25, -0.2) is 0 Å². The van der Waals surface area contributed by atoms with E-state index >= 15 is 0 Å². The minimum Gasteiger partial charge on any atom is -0.363 e. The van der Waals surface area contributed by atoms with E-state index in [0.717, 1.165) is 24.6 Å². The van der Waals surface area contributed by atoms with E-state index in [2.05, 4.69) is 11.0 Å². The van der Waals surface area contributed by atoms with Crippen molar-refractivity contribution in [3.05, 3.63) is 99.6 Å². The van der Waals surface area contributed by atoms with E-state index in [0.29, 0.717) is 29.9 Å². The van der Waals surface area contributed by atoms with Gasteiger partial charge in [-0.3, -0.25) is 4.90 Å². The van der Waals surface area contributed by atoms with Crippen LogP contribution in [0.2, 0.25) is 5.02 Å². The van der Waals surface area contributed by atoms with E-state index in [1.807, 2.05) is 29.2 Å². The van der Waals surface area contributed by atoms with Crippen molar-refractivity contribution in [3.63, 3.8) is 0 Å². The molecule has 0 N–H and O–H groups in total. The molecular weight excluding hydrogens is 473 g/mol. The van der Waals surface area contributed by atoms with Gasteiger partial charge in [-0.05, 0) is 47.9 Å². The maximum atomic E-state index is 13.7. The van der Waals surface area contributed by atoms with Crippen LogP contribution in [0.3, 0.4) is 0 Å². The Kier molecular flexibility index (Phi) is 7.31. The van der Waals surface area contributed by atoms with Gasteiger partial charge in [-0.1, -0.05) is 48.0 Å². The lowest BCUT2D eigenvalue weighted by atomic mass is 10.0. The predicted octanol–water partition coefficient (Wildman–Crippen LogP) is 6.38. The van der Waals surface area contributed by atoms with Crippen molar-refractivity contribution >= 4 is 17.3 Å². The molecule has 1 fully saturated rings. The molecule has 1 aliphatic rings. The molecule has 0 spiro atoms. The molecule has 1 saturated heterocycles. The molecule has 178 valence electrons. The van der Waals surface area contributed by atoms with Gasteiger partial charge in [0.15, 0.2) is 0 Å². The van der Waals surface area contributed by atoms with Crippen molar-refractivity contribution < 1.29 is 13.2 Å². The number of anilines is 1. The molecule has 8 heteroatoms. The normalized spacial score (nSPS) is 16.0. The Morgan fingerprint density at radius 3 is 2.31 bits per heavy atom. The van der Waals surface area contributed by atoms with Gasteiger partial charge in [-0.15, -0.1) is 0 Å². The monoisotopic (exact) mass is 494 g/mol. The van der Waals surface area contributed by atoms with E-state index in [9.17, 15) is 23.7 Å². The van der Waals surface area contributed by atoms with Crippen molar-refractivity contribution in [2.75, 3.05) is 18.0 Å². The Hall–Kier alpha value is -3.52. The fourth-order valence-electron chi connectivity index (χ4n) is 4.54. The number of nitriles is 2. The van der Waals surface area contributed by atoms with Crippen LogP contribution in [0.5, 0.6) is 0 Å². The van der Waals surface area contributed by atoms with E-state index in [4.69, 9.17) is 11.6 Å². The largest absolute Gasteiger partial charge is 0.416 e. The van der Waals surface area contributed by atoms with E-state index in [1.54, 1.807) is 30.3 Å². The van der Waals surface area contributed by atoms with Gasteiger partial charge in [0.2, 0.25) is 0 Å². The van der Waals surface area contributed by atoms with Crippen molar-refractivity contribution in [1.29, 1.82) is 10.5 Å². The molecule has 1 aliphatic heterocycles.